The van der Waals surface area contributed by atoms with E-state index in [2.05, 4.69) is 273 Å². The Morgan fingerprint density at radius 2 is 0.467 bits per heavy atom. The summed E-state index contributed by atoms with van der Waals surface area (Å²) in [7, 11) is 0. The van der Waals surface area contributed by atoms with Crippen LogP contribution in [0.1, 0.15) is 0 Å². The van der Waals surface area contributed by atoms with Crippen LogP contribution in [0.5, 0.6) is 0 Å². The van der Waals surface area contributed by atoms with Crippen molar-refractivity contribution in [3.05, 3.63) is 285 Å². The molecule has 0 amide bonds. The summed E-state index contributed by atoms with van der Waals surface area (Å²) in [5, 5.41) is 12.9. The zero-order valence-electron chi connectivity index (χ0n) is 48.1. The van der Waals surface area contributed by atoms with Crippen LogP contribution < -0.4 is 0 Å². The normalized spacial score (nSPS) is 12.2. The lowest BCUT2D eigenvalue weighted by molar-refractivity contribution is 0.669. The highest BCUT2D eigenvalue weighted by molar-refractivity contribution is 6.22. The van der Waals surface area contributed by atoms with E-state index in [0.717, 1.165) is 148 Å². The Morgan fingerprint density at radius 3 is 0.778 bits per heavy atom. The quantitative estimate of drug-likeness (QED) is 0.159. The number of hydrogen-bond donors (Lipinski definition) is 0. The van der Waals surface area contributed by atoms with Gasteiger partial charge in [-0.25, -0.2) is 15.0 Å². The molecule has 20 aromatic rings. The maximum Gasteiger partial charge on any atom is 0.170 e. The average molecular weight is 1150 g/mol. The fourth-order valence-corrected chi connectivity index (χ4v) is 14.9. The first kappa shape index (κ1) is 48.9. The molecule has 0 spiro atoms. The van der Waals surface area contributed by atoms with E-state index in [1.165, 1.54) is 0 Å². The van der Waals surface area contributed by atoms with Gasteiger partial charge in [0.2, 0.25) is 0 Å². The van der Waals surface area contributed by atoms with Crippen molar-refractivity contribution in [2.45, 2.75) is 0 Å². The molecule has 7 heterocycles. The van der Waals surface area contributed by atoms with Crippen molar-refractivity contribution in [3.63, 3.8) is 0 Å². The number of hydrogen-bond acceptors (Lipinski definition) is 5. The van der Waals surface area contributed by atoms with Crippen LogP contribution in [0.15, 0.2) is 294 Å². The fraction of sp³-hybridized carbons (Fsp3) is 0. The molecule has 0 N–H and O–H groups in total. The predicted molar refractivity (Wildman–Crippen MR) is 368 cm³/mol. The molecular formula is C81H47N7O2. The molecular weight excluding hydrogens is 1100 g/mol. The molecule has 0 bridgehead atoms. The van der Waals surface area contributed by atoms with Gasteiger partial charge in [-0.3, -0.25) is 0 Å². The lowest BCUT2D eigenvalue weighted by Gasteiger charge is -2.20. The van der Waals surface area contributed by atoms with Crippen LogP contribution in [0.3, 0.4) is 0 Å². The van der Waals surface area contributed by atoms with Gasteiger partial charge in [0, 0.05) is 59.4 Å². The highest BCUT2D eigenvalue weighted by Crippen LogP contribution is 2.50. The molecule has 90 heavy (non-hydrogen) atoms. The number of nitrogens with zero attached hydrogens (tertiary/aromatic N) is 7. The van der Waals surface area contributed by atoms with Gasteiger partial charge in [-0.2, -0.15) is 0 Å². The Labute approximate surface area is 512 Å². The Morgan fingerprint density at radius 1 is 0.222 bits per heavy atom. The minimum Gasteiger partial charge on any atom is -0.455 e. The van der Waals surface area contributed by atoms with E-state index in [9.17, 15) is 0 Å². The van der Waals surface area contributed by atoms with Crippen molar-refractivity contribution in [1.29, 1.82) is 0 Å². The van der Waals surface area contributed by atoms with Crippen LogP contribution in [-0.2, 0) is 0 Å². The summed E-state index contributed by atoms with van der Waals surface area (Å²) in [4.78, 5) is 17.5. The highest BCUT2D eigenvalue weighted by atomic mass is 16.3. The lowest BCUT2D eigenvalue weighted by atomic mass is 10.0. The maximum atomic E-state index is 7.52. The van der Waals surface area contributed by atoms with Gasteiger partial charge in [0.05, 0.1) is 88.8 Å². The molecule has 20 rings (SSSR count). The Hall–Kier alpha value is -12.3. The van der Waals surface area contributed by atoms with E-state index in [-0.39, 0.29) is 0 Å². The molecule has 0 aliphatic heterocycles. The molecule has 0 aliphatic carbocycles. The summed E-state index contributed by atoms with van der Waals surface area (Å²) in [6, 6.07) is 101. The van der Waals surface area contributed by atoms with Crippen molar-refractivity contribution in [2.24, 2.45) is 0 Å². The monoisotopic (exact) mass is 1150 g/mol. The standard InChI is InChI=1S/C81H47N7O2/c1-2-24-48(25-3-1)79-82-80(75-69(87-63-40-18-8-30-53(63)54-31-9-19-41-64(54)87)46-67(73-57-34-12-22-44-71(57)89-77(73)75)85-59-36-14-4-26-49(59)50-27-5-15-37-60(50)85)84-81(83-79)76-70(88-65-42-20-10-32-55(65)56-33-11-21-43-66(56)88)47-68(74-58-35-13-23-45-72(58)90-78(74)76)86-61-38-16-6-28-51(61)52-29-7-17-39-62(52)86/h1-47H. The first-order chi connectivity index (χ1) is 44.7. The van der Waals surface area contributed by atoms with Crippen molar-refractivity contribution in [3.8, 4) is 56.9 Å². The third-order valence-corrected chi connectivity index (χ3v) is 18.6. The highest BCUT2D eigenvalue weighted by Gasteiger charge is 2.32. The molecule has 0 saturated heterocycles. The predicted octanol–water partition coefficient (Wildman–Crippen LogP) is 21.1. The fourth-order valence-electron chi connectivity index (χ4n) is 14.9. The Balaban J connectivity index is 0.994. The van der Waals surface area contributed by atoms with Crippen LogP contribution in [0.25, 0.3) is 188 Å². The smallest absolute Gasteiger partial charge is 0.170 e. The Kier molecular flexibility index (Phi) is 10.1. The SMILES string of the molecule is c1ccc(-c2nc(-c3c(-n4c5ccccc5c5ccccc54)cc(-n4c5ccccc5c5ccccc54)c4c3oc3ccccc34)nc(-c3c(-n4c5ccccc5c5ccccc54)cc(-n4c5ccccc5c5ccccc54)c4c3oc3ccccc34)n2)cc1. The number of rotatable bonds is 7. The number of furan rings is 2. The van der Waals surface area contributed by atoms with Crippen molar-refractivity contribution in [2.75, 3.05) is 0 Å². The number of para-hydroxylation sites is 10. The van der Waals surface area contributed by atoms with Gasteiger partial charge >= 0.3 is 0 Å². The van der Waals surface area contributed by atoms with Crippen LogP contribution in [0, 0.1) is 0 Å². The van der Waals surface area contributed by atoms with Gasteiger partial charge < -0.3 is 27.1 Å². The molecule has 9 heteroatoms. The largest absolute Gasteiger partial charge is 0.455 e. The summed E-state index contributed by atoms with van der Waals surface area (Å²) in [5.74, 6) is 1.35. The van der Waals surface area contributed by atoms with E-state index in [1.54, 1.807) is 0 Å². The van der Waals surface area contributed by atoms with E-state index in [0.29, 0.717) is 39.8 Å². The summed E-state index contributed by atoms with van der Waals surface area (Å²) in [6.07, 6.45) is 0. The minimum absolute atomic E-state index is 0.428. The van der Waals surface area contributed by atoms with Crippen LogP contribution in [-0.4, -0.2) is 33.2 Å². The van der Waals surface area contributed by atoms with E-state index in [1.807, 2.05) is 30.3 Å². The van der Waals surface area contributed by atoms with E-state index >= 15 is 0 Å². The van der Waals surface area contributed by atoms with Gasteiger partial charge in [-0.15, -0.1) is 0 Å². The summed E-state index contributed by atoms with van der Waals surface area (Å²) < 4.78 is 24.6. The zero-order valence-corrected chi connectivity index (χ0v) is 48.1. The maximum absolute atomic E-state index is 7.52. The molecule has 0 atom stereocenters. The minimum atomic E-state index is 0.428. The summed E-state index contributed by atoms with van der Waals surface area (Å²) in [5.41, 5.74) is 17.0. The summed E-state index contributed by atoms with van der Waals surface area (Å²) >= 11 is 0. The molecule has 7 aromatic heterocycles. The molecule has 13 aromatic carbocycles. The molecule has 0 radical (unpaired) electrons. The second kappa shape index (κ2) is 18.6. The number of aromatic nitrogens is 7. The second-order valence-electron chi connectivity index (χ2n) is 23.3. The van der Waals surface area contributed by atoms with Gasteiger partial charge in [-0.05, 0) is 72.8 Å². The first-order valence-electron chi connectivity index (χ1n) is 30.4. The Bertz CT molecular complexity index is 5850. The van der Waals surface area contributed by atoms with Gasteiger partial charge in [0.25, 0.3) is 0 Å². The topological polar surface area (TPSA) is 84.7 Å². The van der Waals surface area contributed by atoms with Gasteiger partial charge in [0.15, 0.2) is 28.6 Å². The molecule has 418 valence electrons. The van der Waals surface area contributed by atoms with E-state index < -0.39 is 0 Å². The van der Waals surface area contributed by atoms with Crippen molar-refractivity contribution >= 4 is 131 Å². The molecule has 0 unspecified atom stereocenters. The van der Waals surface area contributed by atoms with Crippen LogP contribution >= 0.6 is 0 Å². The van der Waals surface area contributed by atoms with Gasteiger partial charge in [-0.1, -0.05) is 212 Å². The van der Waals surface area contributed by atoms with Crippen molar-refractivity contribution in [1.82, 2.24) is 33.2 Å². The number of fused-ring (bicyclic) bond motifs is 18. The molecule has 0 fully saturated rings. The molecule has 9 nitrogen and oxygen atoms in total. The van der Waals surface area contributed by atoms with E-state index in [4.69, 9.17) is 23.8 Å². The second-order valence-corrected chi connectivity index (χ2v) is 23.3. The first-order valence-corrected chi connectivity index (χ1v) is 30.4. The van der Waals surface area contributed by atoms with Crippen molar-refractivity contribution < 1.29 is 8.83 Å². The zero-order chi connectivity index (χ0) is 58.7. The van der Waals surface area contributed by atoms with Crippen LogP contribution in [0.2, 0.25) is 0 Å². The third-order valence-electron chi connectivity index (χ3n) is 18.6. The average Bonchev–Trinajstić information content (AvgIpc) is 1.76. The summed E-state index contributed by atoms with van der Waals surface area (Å²) in [6.45, 7) is 0. The third kappa shape index (κ3) is 6.77. The van der Waals surface area contributed by atoms with Crippen LogP contribution in [0.4, 0.5) is 0 Å². The lowest BCUT2D eigenvalue weighted by Crippen LogP contribution is -2.08. The number of benzene rings is 13. The molecule has 0 aliphatic rings. The molecule has 0 saturated carbocycles. The van der Waals surface area contributed by atoms with Gasteiger partial charge in [0.1, 0.15) is 11.2 Å².